The summed E-state index contributed by atoms with van der Waals surface area (Å²) in [6.45, 7) is 1.07. The third kappa shape index (κ3) is 3.94. The summed E-state index contributed by atoms with van der Waals surface area (Å²) in [7, 11) is 1.90. The van der Waals surface area contributed by atoms with Crippen molar-refractivity contribution < 1.29 is 9.13 Å². The third-order valence-corrected chi connectivity index (χ3v) is 3.08. The van der Waals surface area contributed by atoms with Crippen LogP contribution < -0.4 is 10.1 Å². The van der Waals surface area contributed by atoms with Crippen LogP contribution in [-0.2, 0) is 13.2 Å². The van der Waals surface area contributed by atoms with Crippen LogP contribution in [-0.4, -0.2) is 7.05 Å². The predicted molar refractivity (Wildman–Crippen MR) is 74.9 cm³/mol. The first kappa shape index (κ1) is 13.8. The Balaban J connectivity index is 2.00. The minimum atomic E-state index is -0.313. The molecule has 0 bridgehead atoms. The third-order valence-electron chi connectivity index (χ3n) is 2.71. The van der Waals surface area contributed by atoms with Gasteiger partial charge in [-0.2, -0.15) is 0 Å². The normalized spacial score (nSPS) is 10.5. The van der Waals surface area contributed by atoms with Gasteiger partial charge in [0.15, 0.2) is 0 Å². The quantitative estimate of drug-likeness (QED) is 0.899. The maximum atomic E-state index is 13.1. The minimum absolute atomic E-state index is 0.252. The number of halogens is 2. The van der Waals surface area contributed by atoms with Crippen molar-refractivity contribution in [1.82, 2.24) is 5.32 Å². The summed E-state index contributed by atoms with van der Waals surface area (Å²) in [5.74, 6) is 0.424. The number of rotatable bonds is 5. The summed E-state index contributed by atoms with van der Waals surface area (Å²) in [5, 5.41) is 3.58. The molecule has 0 aromatic heterocycles. The molecule has 0 aliphatic heterocycles. The molecular weight excluding hydrogens is 265 g/mol. The van der Waals surface area contributed by atoms with E-state index in [1.807, 2.05) is 31.3 Å². The summed E-state index contributed by atoms with van der Waals surface area (Å²) in [6.07, 6.45) is 0. The molecule has 0 unspecified atom stereocenters. The number of ether oxygens (including phenoxy) is 1. The molecule has 0 radical (unpaired) electrons. The van der Waals surface area contributed by atoms with Crippen LogP contribution in [0.3, 0.4) is 0 Å². The smallest absolute Gasteiger partial charge is 0.123 e. The standard InChI is InChI=1S/C15H15ClFNO/c1-18-9-11-2-5-14(6-3-11)19-10-12-8-13(17)4-7-15(12)16/h2-8,18H,9-10H2,1H3. The number of benzene rings is 2. The van der Waals surface area contributed by atoms with E-state index in [0.717, 1.165) is 12.3 Å². The molecule has 19 heavy (non-hydrogen) atoms. The molecule has 1 N–H and O–H groups in total. The molecule has 0 fully saturated rings. The average molecular weight is 280 g/mol. The van der Waals surface area contributed by atoms with Gasteiger partial charge < -0.3 is 10.1 Å². The lowest BCUT2D eigenvalue weighted by molar-refractivity contribution is 0.305. The molecule has 0 amide bonds. The molecule has 0 aliphatic rings. The zero-order chi connectivity index (χ0) is 13.7. The first-order valence-corrected chi connectivity index (χ1v) is 6.37. The highest BCUT2D eigenvalue weighted by Gasteiger charge is 2.03. The second kappa shape index (κ2) is 6.55. The molecule has 0 saturated carbocycles. The van der Waals surface area contributed by atoms with E-state index in [0.29, 0.717) is 10.6 Å². The average Bonchev–Trinajstić information content (AvgIpc) is 2.42. The lowest BCUT2D eigenvalue weighted by atomic mass is 10.2. The summed E-state index contributed by atoms with van der Waals surface area (Å²) in [6, 6.07) is 12.0. The molecule has 0 saturated heterocycles. The Labute approximate surface area is 117 Å². The lowest BCUT2D eigenvalue weighted by Gasteiger charge is -2.08. The van der Waals surface area contributed by atoms with Crippen molar-refractivity contribution in [3.05, 3.63) is 64.4 Å². The molecule has 100 valence electrons. The van der Waals surface area contributed by atoms with Gasteiger partial charge in [0.05, 0.1) is 0 Å². The van der Waals surface area contributed by atoms with Crippen LogP contribution in [0.5, 0.6) is 5.75 Å². The van der Waals surface area contributed by atoms with E-state index in [1.165, 1.54) is 23.8 Å². The number of hydrogen-bond donors (Lipinski definition) is 1. The molecule has 0 heterocycles. The van der Waals surface area contributed by atoms with Gasteiger partial charge in [0.1, 0.15) is 18.2 Å². The van der Waals surface area contributed by atoms with Crippen molar-refractivity contribution in [2.45, 2.75) is 13.2 Å². The van der Waals surface area contributed by atoms with Gasteiger partial charge in [-0.3, -0.25) is 0 Å². The molecule has 4 heteroatoms. The number of nitrogens with one attached hydrogen (secondary N) is 1. The van der Waals surface area contributed by atoms with Crippen molar-refractivity contribution in [3.63, 3.8) is 0 Å². The zero-order valence-electron chi connectivity index (χ0n) is 10.6. The van der Waals surface area contributed by atoms with Crippen LogP contribution >= 0.6 is 11.6 Å². The molecule has 0 atom stereocenters. The molecule has 2 rings (SSSR count). The Morgan fingerprint density at radius 3 is 2.58 bits per heavy atom. The molecule has 2 aromatic carbocycles. The van der Waals surface area contributed by atoms with Crippen LogP contribution in [0.1, 0.15) is 11.1 Å². The fourth-order valence-corrected chi connectivity index (χ4v) is 1.89. The predicted octanol–water partition coefficient (Wildman–Crippen LogP) is 3.78. The highest BCUT2D eigenvalue weighted by molar-refractivity contribution is 6.31. The summed E-state index contributed by atoms with van der Waals surface area (Å²) >= 11 is 5.97. The van der Waals surface area contributed by atoms with Crippen LogP contribution in [0.2, 0.25) is 5.02 Å². The first-order valence-electron chi connectivity index (χ1n) is 5.99. The van der Waals surface area contributed by atoms with Gasteiger partial charge in [0, 0.05) is 17.1 Å². The molecular formula is C15H15ClFNO. The van der Waals surface area contributed by atoms with Crippen LogP contribution in [0, 0.1) is 5.82 Å². The van der Waals surface area contributed by atoms with Crippen molar-refractivity contribution in [1.29, 1.82) is 0 Å². The van der Waals surface area contributed by atoms with E-state index in [1.54, 1.807) is 0 Å². The van der Waals surface area contributed by atoms with E-state index >= 15 is 0 Å². The van der Waals surface area contributed by atoms with Crippen molar-refractivity contribution >= 4 is 11.6 Å². The minimum Gasteiger partial charge on any atom is -0.489 e. The van der Waals surface area contributed by atoms with Gasteiger partial charge in [0.25, 0.3) is 0 Å². The monoisotopic (exact) mass is 279 g/mol. The van der Waals surface area contributed by atoms with E-state index < -0.39 is 0 Å². The summed E-state index contributed by atoms with van der Waals surface area (Å²) in [5.41, 5.74) is 1.82. The summed E-state index contributed by atoms with van der Waals surface area (Å²) in [4.78, 5) is 0. The van der Waals surface area contributed by atoms with Crippen molar-refractivity contribution in [2.24, 2.45) is 0 Å². The molecule has 2 aromatic rings. The Bertz CT molecular complexity index is 542. The SMILES string of the molecule is CNCc1ccc(OCc2cc(F)ccc2Cl)cc1. The molecule has 0 spiro atoms. The van der Waals surface area contributed by atoms with E-state index in [-0.39, 0.29) is 12.4 Å². The number of hydrogen-bond acceptors (Lipinski definition) is 2. The van der Waals surface area contributed by atoms with Crippen LogP contribution in [0.25, 0.3) is 0 Å². The van der Waals surface area contributed by atoms with Crippen LogP contribution in [0.15, 0.2) is 42.5 Å². The second-order valence-corrected chi connectivity index (χ2v) is 4.61. The summed E-state index contributed by atoms with van der Waals surface area (Å²) < 4.78 is 18.7. The Hall–Kier alpha value is -1.58. The molecule has 0 aliphatic carbocycles. The van der Waals surface area contributed by atoms with Gasteiger partial charge in [-0.1, -0.05) is 23.7 Å². The topological polar surface area (TPSA) is 21.3 Å². The van der Waals surface area contributed by atoms with Gasteiger partial charge in [0.2, 0.25) is 0 Å². The first-order chi connectivity index (χ1) is 9.19. The highest BCUT2D eigenvalue weighted by Crippen LogP contribution is 2.20. The Morgan fingerprint density at radius 2 is 1.89 bits per heavy atom. The van der Waals surface area contributed by atoms with E-state index in [9.17, 15) is 4.39 Å². The highest BCUT2D eigenvalue weighted by atomic mass is 35.5. The van der Waals surface area contributed by atoms with Gasteiger partial charge in [-0.05, 0) is 42.9 Å². The van der Waals surface area contributed by atoms with Crippen molar-refractivity contribution in [2.75, 3.05) is 7.05 Å². The van der Waals surface area contributed by atoms with Gasteiger partial charge in [-0.15, -0.1) is 0 Å². The Kier molecular flexibility index (Phi) is 4.77. The zero-order valence-corrected chi connectivity index (χ0v) is 11.4. The van der Waals surface area contributed by atoms with E-state index in [4.69, 9.17) is 16.3 Å². The Morgan fingerprint density at radius 1 is 1.16 bits per heavy atom. The van der Waals surface area contributed by atoms with Crippen LogP contribution in [0.4, 0.5) is 4.39 Å². The van der Waals surface area contributed by atoms with Crippen molar-refractivity contribution in [3.8, 4) is 5.75 Å². The second-order valence-electron chi connectivity index (χ2n) is 4.20. The fraction of sp³-hybridized carbons (Fsp3) is 0.200. The molecule has 2 nitrogen and oxygen atoms in total. The van der Waals surface area contributed by atoms with Gasteiger partial charge in [-0.25, -0.2) is 4.39 Å². The maximum absolute atomic E-state index is 13.1. The van der Waals surface area contributed by atoms with E-state index in [2.05, 4.69) is 5.32 Å². The largest absolute Gasteiger partial charge is 0.489 e. The fourth-order valence-electron chi connectivity index (χ4n) is 1.72. The maximum Gasteiger partial charge on any atom is 0.123 e. The van der Waals surface area contributed by atoms with Gasteiger partial charge >= 0.3 is 0 Å². The lowest BCUT2D eigenvalue weighted by Crippen LogP contribution is -2.04.